The Bertz CT molecular complexity index is 523. The van der Waals surface area contributed by atoms with E-state index in [9.17, 15) is 0 Å². The van der Waals surface area contributed by atoms with E-state index in [1.165, 1.54) is 82.8 Å². The summed E-state index contributed by atoms with van der Waals surface area (Å²) >= 11 is 1.86. The Morgan fingerprint density at radius 1 is 0.800 bits per heavy atom. The maximum absolute atomic E-state index is 4.61. The molecule has 0 unspecified atom stereocenters. The molecule has 1 N–H and O–H groups in total. The third kappa shape index (κ3) is 9.69. The number of hydrogen-bond acceptors (Lipinski definition) is 2. The second-order valence-corrected chi connectivity index (χ2v) is 7.88. The first-order chi connectivity index (χ1) is 11.9. The lowest BCUT2D eigenvalue weighted by Gasteiger charge is -2.02. The predicted octanol–water partition coefficient (Wildman–Crippen LogP) is 7.93. The van der Waals surface area contributed by atoms with E-state index < -0.39 is 0 Å². The summed E-state index contributed by atoms with van der Waals surface area (Å²) < 4.78 is 0. The van der Waals surface area contributed by atoms with Crippen LogP contribution in [0.1, 0.15) is 84.0 Å². The fourth-order valence-electron chi connectivity index (χ4n) is 3.11. The maximum Gasteiger partial charge on any atom is 0.166 e. The second-order valence-electron chi connectivity index (χ2n) is 6.80. The molecule has 0 fully saturated rings. The topological polar surface area (TPSA) is 28.7 Å². The second kappa shape index (κ2) is 14.7. The van der Waals surface area contributed by atoms with E-state index in [1.807, 2.05) is 17.8 Å². The standard InChI is InChI=1S/C21H34N2S.BrH/c1-2-3-4-5-6-7-8-9-10-11-12-15-18-24-21-22-19-16-13-14-17-20(19)23-21;/h13-14,16-17H,2-12,15,18H2,1H3,(H,22,23);1H. The Hall–Kier alpha value is -0.480. The van der Waals surface area contributed by atoms with Crippen LogP contribution in [0.5, 0.6) is 0 Å². The largest absolute Gasteiger partial charge is 0.333 e. The monoisotopic (exact) mass is 426 g/mol. The van der Waals surface area contributed by atoms with E-state index in [2.05, 4.69) is 35.1 Å². The molecule has 0 saturated carbocycles. The van der Waals surface area contributed by atoms with Crippen LogP contribution >= 0.6 is 28.7 Å². The predicted molar refractivity (Wildman–Crippen MR) is 118 cm³/mol. The molecule has 4 heteroatoms. The SMILES string of the molecule is Br.CCCCCCCCCCCCCCSc1nc2ccccc2[nH]1. The molecule has 0 aliphatic carbocycles. The molecule has 0 aliphatic rings. The number of rotatable bonds is 14. The number of hydrogen-bond donors (Lipinski definition) is 1. The van der Waals surface area contributed by atoms with Crippen molar-refractivity contribution in [2.24, 2.45) is 0 Å². The number of thioether (sulfide) groups is 1. The molecule has 25 heavy (non-hydrogen) atoms. The Morgan fingerprint density at radius 3 is 1.96 bits per heavy atom. The van der Waals surface area contributed by atoms with Crippen molar-refractivity contribution in [1.29, 1.82) is 0 Å². The summed E-state index contributed by atoms with van der Waals surface area (Å²) in [6.07, 6.45) is 16.9. The van der Waals surface area contributed by atoms with Crippen molar-refractivity contribution < 1.29 is 0 Å². The summed E-state index contributed by atoms with van der Waals surface area (Å²) in [4.78, 5) is 8.01. The van der Waals surface area contributed by atoms with Crippen LogP contribution in [-0.4, -0.2) is 15.7 Å². The molecule has 0 atom stereocenters. The minimum absolute atomic E-state index is 0. The quantitative estimate of drug-likeness (QED) is 0.245. The molecule has 0 bridgehead atoms. The van der Waals surface area contributed by atoms with Gasteiger partial charge in [-0.15, -0.1) is 17.0 Å². The normalized spacial score (nSPS) is 10.9. The third-order valence-electron chi connectivity index (χ3n) is 4.60. The van der Waals surface area contributed by atoms with Gasteiger partial charge in [-0.3, -0.25) is 0 Å². The van der Waals surface area contributed by atoms with Crippen LogP contribution in [0.4, 0.5) is 0 Å². The highest BCUT2D eigenvalue weighted by molar-refractivity contribution is 8.93. The lowest BCUT2D eigenvalue weighted by Crippen LogP contribution is -1.85. The average molecular weight is 427 g/mol. The first-order valence-electron chi connectivity index (χ1n) is 9.97. The number of halogens is 1. The minimum Gasteiger partial charge on any atom is -0.333 e. The van der Waals surface area contributed by atoms with Crippen LogP contribution in [-0.2, 0) is 0 Å². The minimum atomic E-state index is 0. The average Bonchev–Trinajstić information content (AvgIpc) is 3.02. The van der Waals surface area contributed by atoms with E-state index in [4.69, 9.17) is 0 Å². The number of aromatic nitrogens is 2. The van der Waals surface area contributed by atoms with Gasteiger partial charge in [-0.2, -0.15) is 0 Å². The van der Waals surface area contributed by atoms with E-state index >= 15 is 0 Å². The fraction of sp³-hybridized carbons (Fsp3) is 0.667. The molecule has 0 radical (unpaired) electrons. The van der Waals surface area contributed by atoms with Gasteiger partial charge in [-0.05, 0) is 18.6 Å². The molecule has 142 valence electrons. The van der Waals surface area contributed by atoms with Gasteiger partial charge in [0.25, 0.3) is 0 Å². The Labute approximate surface area is 168 Å². The van der Waals surface area contributed by atoms with E-state index in [-0.39, 0.29) is 17.0 Å². The summed E-state index contributed by atoms with van der Waals surface area (Å²) in [7, 11) is 0. The van der Waals surface area contributed by atoms with Crippen molar-refractivity contribution in [2.45, 2.75) is 89.1 Å². The Balaban J connectivity index is 0.00000312. The van der Waals surface area contributed by atoms with Crippen LogP contribution in [0, 0.1) is 0 Å². The number of nitrogens with one attached hydrogen (secondary N) is 1. The molecule has 1 heterocycles. The fourth-order valence-corrected chi connectivity index (χ4v) is 4.00. The van der Waals surface area contributed by atoms with Gasteiger partial charge < -0.3 is 4.98 Å². The maximum atomic E-state index is 4.61. The molecule has 1 aromatic heterocycles. The highest BCUT2D eigenvalue weighted by atomic mass is 79.9. The first-order valence-corrected chi connectivity index (χ1v) is 11.0. The van der Waals surface area contributed by atoms with E-state index in [0.29, 0.717) is 0 Å². The third-order valence-corrected chi connectivity index (χ3v) is 5.56. The van der Waals surface area contributed by atoms with Crippen molar-refractivity contribution in [1.82, 2.24) is 9.97 Å². The Morgan fingerprint density at radius 2 is 1.36 bits per heavy atom. The van der Waals surface area contributed by atoms with Crippen LogP contribution in [0.15, 0.2) is 29.4 Å². The molecule has 0 amide bonds. The molecule has 0 saturated heterocycles. The summed E-state index contributed by atoms with van der Waals surface area (Å²) in [6, 6.07) is 8.26. The lowest BCUT2D eigenvalue weighted by molar-refractivity contribution is 0.548. The van der Waals surface area contributed by atoms with Crippen molar-refractivity contribution in [3.8, 4) is 0 Å². The van der Waals surface area contributed by atoms with Crippen LogP contribution < -0.4 is 0 Å². The van der Waals surface area contributed by atoms with Gasteiger partial charge in [0, 0.05) is 5.75 Å². The number of imidazole rings is 1. The molecule has 2 rings (SSSR count). The highest BCUT2D eigenvalue weighted by Crippen LogP contribution is 2.21. The zero-order valence-corrected chi connectivity index (χ0v) is 18.3. The van der Waals surface area contributed by atoms with E-state index in [0.717, 1.165) is 16.2 Å². The molecular weight excluding hydrogens is 392 g/mol. The number of nitrogens with zero attached hydrogens (tertiary/aromatic N) is 1. The van der Waals surface area contributed by atoms with Crippen LogP contribution in [0.25, 0.3) is 11.0 Å². The molecule has 0 spiro atoms. The van der Waals surface area contributed by atoms with Gasteiger partial charge in [-0.1, -0.05) is 101 Å². The molecular formula is C21H35BrN2S. The summed E-state index contributed by atoms with van der Waals surface area (Å²) in [6.45, 7) is 2.29. The van der Waals surface area contributed by atoms with Crippen LogP contribution in [0.3, 0.4) is 0 Å². The highest BCUT2D eigenvalue weighted by Gasteiger charge is 2.02. The van der Waals surface area contributed by atoms with Gasteiger partial charge in [0.1, 0.15) is 0 Å². The summed E-state index contributed by atoms with van der Waals surface area (Å²) in [5.74, 6) is 1.18. The number of benzene rings is 1. The first kappa shape index (κ1) is 22.6. The zero-order valence-electron chi connectivity index (χ0n) is 15.8. The molecule has 2 nitrogen and oxygen atoms in total. The number of unbranched alkanes of at least 4 members (excludes halogenated alkanes) is 11. The molecule has 0 aliphatic heterocycles. The van der Waals surface area contributed by atoms with Gasteiger partial charge in [0.05, 0.1) is 11.0 Å². The number of aromatic amines is 1. The van der Waals surface area contributed by atoms with Gasteiger partial charge >= 0.3 is 0 Å². The van der Waals surface area contributed by atoms with Crippen molar-refractivity contribution in [3.63, 3.8) is 0 Å². The Kier molecular flexibility index (Phi) is 13.2. The van der Waals surface area contributed by atoms with Crippen LogP contribution in [0.2, 0.25) is 0 Å². The van der Waals surface area contributed by atoms with Gasteiger partial charge in [-0.25, -0.2) is 4.98 Å². The smallest absolute Gasteiger partial charge is 0.166 e. The van der Waals surface area contributed by atoms with Crippen molar-refractivity contribution in [3.05, 3.63) is 24.3 Å². The molecule has 2 aromatic rings. The summed E-state index contributed by atoms with van der Waals surface area (Å²) in [5, 5.41) is 1.07. The zero-order chi connectivity index (χ0) is 16.9. The number of H-pyrrole nitrogens is 1. The van der Waals surface area contributed by atoms with Gasteiger partial charge in [0.15, 0.2) is 5.16 Å². The molecule has 1 aromatic carbocycles. The van der Waals surface area contributed by atoms with Crippen molar-refractivity contribution >= 4 is 39.8 Å². The number of para-hydroxylation sites is 2. The summed E-state index contributed by atoms with van der Waals surface area (Å²) in [5.41, 5.74) is 2.23. The van der Waals surface area contributed by atoms with Crippen molar-refractivity contribution in [2.75, 3.05) is 5.75 Å². The van der Waals surface area contributed by atoms with Gasteiger partial charge in [0.2, 0.25) is 0 Å². The number of fused-ring (bicyclic) bond motifs is 1. The lowest BCUT2D eigenvalue weighted by atomic mass is 10.1. The van der Waals surface area contributed by atoms with E-state index in [1.54, 1.807) is 0 Å².